The highest BCUT2D eigenvalue weighted by Crippen LogP contribution is 2.20. The van der Waals surface area contributed by atoms with E-state index in [1.807, 2.05) is 69.2 Å². The molecule has 3 nitrogen and oxygen atoms in total. The van der Waals surface area contributed by atoms with Crippen molar-refractivity contribution in [2.45, 2.75) is 198 Å². The lowest BCUT2D eigenvalue weighted by Gasteiger charge is -2.03. The molecule has 84 heavy (non-hydrogen) atoms. The molecule has 0 aliphatic rings. The van der Waals surface area contributed by atoms with Gasteiger partial charge in [-0.25, -0.2) is 0 Å². The molecule has 8 aromatic carbocycles. The fourth-order valence-corrected chi connectivity index (χ4v) is 6.43. The number of hydrogen-bond acceptors (Lipinski definition) is 3. The predicted octanol–water partition coefficient (Wildman–Crippen LogP) is 23.9. The summed E-state index contributed by atoms with van der Waals surface area (Å²) in [6, 6.07) is 69.7. The Morgan fingerprint density at radius 3 is 0.405 bits per heavy atom. The molecule has 0 aliphatic carbocycles. The van der Waals surface area contributed by atoms with Crippen molar-refractivity contribution >= 4 is 0 Å². The molecule has 468 valence electrons. The monoisotopic (exact) mass is 1150 g/mol. The minimum atomic E-state index is 0.250. The highest BCUT2D eigenvalue weighted by molar-refractivity contribution is 5.63. The molecule has 2 N–H and O–H groups in total. The summed E-state index contributed by atoms with van der Waals surface area (Å²) in [6.07, 6.45) is 5.58. The standard InChI is InChI=1S/3C15H16.C14H14.2C3H8.3C2H6O.5C2H6/c3*1-12-3-7-14(8-4-12)11-15-9-5-13(2)6-10-15;1-11-3-7-13(8-4-11)14-9-5-12(2)6-10-14;3*1-3-2;2*1-2-3;5*1-2/h3*3-10H,11H2,1-2H3;3-10H,1-2H3;2*3H2,1-2H3;1-2H3;2*3H,2H2,1H3;5*1-2H3. The first-order valence-electron chi connectivity index (χ1n) is 31.6. The smallest absolute Gasteiger partial charge is 0.0402 e. The van der Waals surface area contributed by atoms with Crippen LogP contribution in [-0.2, 0) is 24.0 Å². The van der Waals surface area contributed by atoms with Crippen LogP contribution in [0.3, 0.4) is 0 Å². The number of aryl methyl sites for hydroxylation is 8. The number of aliphatic hydroxyl groups is 2. The lowest BCUT2D eigenvalue weighted by molar-refractivity contribution is 0.277. The Balaban J connectivity index is -0.000000213. The summed E-state index contributed by atoms with van der Waals surface area (Å²) in [7, 11) is 3.25. The molecule has 0 saturated heterocycles. The topological polar surface area (TPSA) is 49.7 Å². The van der Waals surface area contributed by atoms with Gasteiger partial charge in [0.15, 0.2) is 0 Å². The normalized spacial score (nSPS) is 8.62. The van der Waals surface area contributed by atoms with E-state index in [0.717, 1.165) is 19.3 Å². The molecule has 0 unspecified atom stereocenters. The molecule has 0 heterocycles. The third kappa shape index (κ3) is 52.4. The molecule has 0 fully saturated rings. The van der Waals surface area contributed by atoms with Gasteiger partial charge >= 0.3 is 0 Å². The van der Waals surface area contributed by atoms with E-state index in [1.54, 1.807) is 28.1 Å². The largest absolute Gasteiger partial charge is 0.397 e. The van der Waals surface area contributed by atoms with Crippen molar-refractivity contribution in [1.82, 2.24) is 0 Å². The molecular formula is C81H126O3. The number of methoxy groups -OCH3 is 1. The van der Waals surface area contributed by atoms with E-state index in [-0.39, 0.29) is 13.2 Å². The molecular weight excluding hydrogens is 1020 g/mol. The quantitative estimate of drug-likeness (QED) is 0.167. The summed E-state index contributed by atoms with van der Waals surface area (Å²) in [4.78, 5) is 0. The van der Waals surface area contributed by atoms with Gasteiger partial charge in [-0.3, -0.25) is 0 Å². The number of hydrogen-bond donors (Lipinski definition) is 2. The van der Waals surface area contributed by atoms with E-state index < -0.39 is 0 Å². The first-order chi connectivity index (χ1) is 40.5. The highest BCUT2D eigenvalue weighted by Gasteiger charge is 1.99. The Morgan fingerprint density at radius 2 is 0.310 bits per heavy atom. The van der Waals surface area contributed by atoms with Gasteiger partial charge in [0, 0.05) is 27.4 Å². The van der Waals surface area contributed by atoms with Gasteiger partial charge in [0.25, 0.3) is 0 Å². The second kappa shape index (κ2) is 65.8. The van der Waals surface area contributed by atoms with Gasteiger partial charge in [-0.05, 0) is 133 Å². The van der Waals surface area contributed by atoms with Gasteiger partial charge in [-0.15, -0.1) is 0 Å². The zero-order valence-corrected chi connectivity index (χ0v) is 58.7. The molecule has 0 saturated carbocycles. The second-order valence-electron chi connectivity index (χ2n) is 18.6. The van der Waals surface area contributed by atoms with Crippen molar-refractivity contribution in [3.8, 4) is 11.1 Å². The predicted molar refractivity (Wildman–Crippen MR) is 384 cm³/mol. The van der Waals surface area contributed by atoms with Crippen LogP contribution >= 0.6 is 0 Å². The molecule has 0 spiro atoms. The zero-order valence-electron chi connectivity index (χ0n) is 58.7. The van der Waals surface area contributed by atoms with Crippen LogP contribution in [0.15, 0.2) is 194 Å². The summed E-state index contributed by atoms with van der Waals surface area (Å²) in [6.45, 7) is 49.3. The molecule has 0 aliphatic heterocycles. The van der Waals surface area contributed by atoms with Crippen molar-refractivity contribution in [3.63, 3.8) is 0 Å². The molecule has 0 radical (unpaired) electrons. The maximum atomic E-state index is 7.57. The first kappa shape index (κ1) is 88.9. The average Bonchev–Trinajstić information content (AvgIpc) is 3.59. The minimum absolute atomic E-state index is 0.250. The van der Waals surface area contributed by atoms with Gasteiger partial charge in [0.2, 0.25) is 0 Å². The molecule has 8 aromatic rings. The van der Waals surface area contributed by atoms with Gasteiger partial charge in [0.05, 0.1) is 0 Å². The van der Waals surface area contributed by atoms with Crippen LogP contribution in [0, 0.1) is 55.4 Å². The Kier molecular flexibility index (Phi) is 69.6. The van der Waals surface area contributed by atoms with E-state index in [4.69, 9.17) is 10.2 Å². The number of aliphatic hydroxyl groups excluding tert-OH is 2. The Labute approximate surface area is 521 Å². The second-order valence-corrected chi connectivity index (χ2v) is 18.6. The Morgan fingerprint density at radius 1 is 0.226 bits per heavy atom. The van der Waals surface area contributed by atoms with Gasteiger partial charge < -0.3 is 14.9 Å². The fourth-order valence-electron chi connectivity index (χ4n) is 6.43. The lowest BCUT2D eigenvalue weighted by atomic mass is 10.0. The minimum Gasteiger partial charge on any atom is -0.397 e. The van der Waals surface area contributed by atoms with Gasteiger partial charge in [0.1, 0.15) is 0 Å². The number of ether oxygens (including phenoxy) is 1. The van der Waals surface area contributed by atoms with E-state index in [0.29, 0.717) is 0 Å². The van der Waals surface area contributed by atoms with Crippen LogP contribution in [0.4, 0.5) is 0 Å². The maximum Gasteiger partial charge on any atom is 0.0402 e. The van der Waals surface area contributed by atoms with Crippen molar-refractivity contribution in [1.29, 1.82) is 0 Å². The van der Waals surface area contributed by atoms with E-state index in [1.165, 1.54) is 102 Å². The van der Waals surface area contributed by atoms with E-state index >= 15 is 0 Å². The number of rotatable bonds is 7. The van der Waals surface area contributed by atoms with Crippen LogP contribution < -0.4 is 0 Å². The molecule has 0 amide bonds. The molecule has 0 bridgehead atoms. The SMILES string of the molecule is CC.CC.CC.CC.CC.CCC.CCC.CCO.CCO.COC.Cc1ccc(-c2ccc(C)cc2)cc1.Cc1ccc(Cc2ccc(C)cc2)cc1.Cc1ccc(Cc2ccc(C)cc2)cc1.Cc1ccc(Cc2ccc(C)cc2)cc1. The van der Waals surface area contributed by atoms with Crippen molar-refractivity contribution in [2.75, 3.05) is 27.4 Å². The van der Waals surface area contributed by atoms with Crippen molar-refractivity contribution in [3.05, 3.63) is 272 Å². The Hall–Kier alpha value is -6.36. The van der Waals surface area contributed by atoms with E-state index in [2.05, 4.69) is 282 Å². The zero-order chi connectivity index (χ0) is 65.5. The van der Waals surface area contributed by atoms with Crippen LogP contribution in [0.25, 0.3) is 11.1 Å². The third-order valence-corrected chi connectivity index (χ3v) is 10.4. The van der Waals surface area contributed by atoms with Crippen molar-refractivity contribution in [2.24, 2.45) is 0 Å². The first-order valence-corrected chi connectivity index (χ1v) is 31.6. The molecule has 3 heteroatoms. The van der Waals surface area contributed by atoms with Crippen LogP contribution in [-0.4, -0.2) is 37.6 Å². The number of benzene rings is 8. The Bertz CT molecular complexity index is 2090. The summed E-state index contributed by atoms with van der Waals surface area (Å²) < 4.78 is 4.25. The fraction of sp³-hybridized carbons (Fsp3) is 0.407. The van der Waals surface area contributed by atoms with Crippen LogP contribution in [0.2, 0.25) is 0 Å². The van der Waals surface area contributed by atoms with Crippen LogP contribution in [0.5, 0.6) is 0 Å². The average molecular weight is 1150 g/mol. The summed E-state index contributed by atoms with van der Waals surface area (Å²) in [5.41, 5.74) is 21.4. The van der Waals surface area contributed by atoms with E-state index in [9.17, 15) is 0 Å². The lowest BCUT2D eigenvalue weighted by Crippen LogP contribution is -1.88. The van der Waals surface area contributed by atoms with Gasteiger partial charge in [-0.2, -0.15) is 0 Å². The molecule has 8 rings (SSSR count). The highest BCUT2D eigenvalue weighted by atomic mass is 16.4. The third-order valence-electron chi connectivity index (χ3n) is 10.4. The van der Waals surface area contributed by atoms with Crippen molar-refractivity contribution < 1.29 is 14.9 Å². The summed E-state index contributed by atoms with van der Waals surface area (Å²) in [5.74, 6) is 0. The molecule has 0 aromatic heterocycles. The maximum absolute atomic E-state index is 7.57. The van der Waals surface area contributed by atoms with Gasteiger partial charge in [-0.1, -0.05) is 348 Å². The van der Waals surface area contributed by atoms with Crippen LogP contribution in [0.1, 0.15) is 202 Å². The summed E-state index contributed by atoms with van der Waals surface area (Å²) >= 11 is 0. The molecule has 0 atom stereocenters. The summed E-state index contributed by atoms with van der Waals surface area (Å²) in [5, 5.41) is 15.1.